The number of nitrogens with zero attached hydrogens (tertiary/aromatic N) is 3. The fourth-order valence-corrected chi connectivity index (χ4v) is 2.79. The van der Waals surface area contributed by atoms with Crippen LogP contribution >= 0.6 is 0 Å². The van der Waals surface area contributed by atoms with Gasteiger partial charge in [-0.1, -0.05) is 42.0 Å². The highest BCUT2D eigenvalue weighted by molar-refractivity contribution is 5.94. The van der Waals surface area contributed by atoms with Crippen LogP contribution in [-0.2, 0) is 6.54 Å². The molecular weight excluding hydrogens is 372 g/mol. The molecule has 2 aromatic carbocycles. The highest BCUT2D eigenvalue weighted by atomic mass is 16.6. The van der Waals surface area contributed by atoms with Gasteiger partial charge in [-0.25, -0.2) is 5.43 Å². The first kappa shape index (κ1) is 19.7. The minimum Gasteiger partial charge on any atom is -0.310 e. The first-order valence-electron chi connectivity index (χ1n) is 8.77. The van der Waals surface area contributed by atoms with E-state index in [0.717, 1.165) is 11.1 Å². The van der Waals surface area contributed by atoms with E-state index in [1.165, 1.54) is 35.0 Å². The number of nitro benzene ring substituents is 1. The third-order valence-corrected chi connectivity index (χ3v) is 4.16. The van der Waals surface area contributed by atoms with Crippen molar-refractivity contribution < 1.29 is 9.72 Å². The molecule has 0 bridgehead atoms. The third-order valence-electron chi connectivity index (χ3n) is 4.16. The molecule has 0 unspecified atom stereocenters. The molecule has 0 aliphatic heterocycles. The van der Waals surface area contributed by atoms with Crippen molar-refractivity contribution in [3.63, 3.8) is 0 Å². The normalized spacial score (nSPS) is 10.8. The summed E-state index contributed by atoms with van der Waals surface area (Å²) in [5.74, 6) is -0.657. The molecule has 1 aromatic heterocycles. The van der Waals surface area contributed by atoms with Gasteiger partial charge in [-0.05, 0) is 24.6 Å². The number of nitro groups is 1. The molecule has 0 radical (unpaired) electrons. The number of hydrogen-bond donors (Lipinski definition) is 1. The van der Waals surface area contributed by atoms with Crippen LogP contribution in [0.3, 0.4) is 0 Å². The highest BCUT2D eigenvalue weighted by Gasteiger charge is 2.12. The number of pyridine rings is 1. The zero-order valence-corrected chi connectivity index (χ0v) is 15.6. The minimum absolute atomic E-state index is 0.0451. The van der Waals surface area contributed by atoms with Crippen molar-refractivity contribution in [1.29, 1.82) is 0 Å². The molecule has 0 saturated heterocycles. The summed E-state index contributed by atoms with van der Waals surface area (Å²) >= 11 is 0. The lowest BCUT2D eigenvalue weighted by Gasteiger charge is -2.08. The Hall–Kier alpha value is -4.07. The molecule has 146 valence electrons. The smallest absolute Gasteiger partial charge is 0.276 e. The van der Waals surface area contributed by atoms with Crippen molar-refractivity contribution in [2.45, 2.75) is 13.5 Å². The Kier molecular flexibility index (Phi) is 5.94. The monoisotopic (exact) mass is 390 g/mol. The summed E-state index contributed by atoms with van der Waals surface area (Å²) in [7, 11) is 0. The molecular formula is C21H18N4O4. The number of benzene rings is 2. The maximum atomic E-state index is 12.6. The van der Waals surface area contributed by atoms with E-state index >= 15 is 0 Å². The van der Waals surface area contributed by atoms with Crippen molar-refractivity contribution in [2.24, 2.45) is 5.10 Å². The number of nitrogens with one attached hydrogen (secondary N) is 1. The Balaban J connectivity index is 1.73. The van der Waals surface area contributed by atoms with Gasteiger partial charge < -0.3 is 4.57 Å². The average molecular weight is 390 g/mol. The van der Waals surface area contributed by atoms with Gasteiger partial charge >= 0.3 is 0 Å². The SMILES string of the molecule is Cc1cccc(Cn2cccc(C(=O)N/N=C\c3cccc([N+](=O)[O-])c3)c2=O)c1. The Morgan fingerprint density at radius 3 is 2.72 bits per heavy atom. The lowest BCUT2D eigenvalue weighted by Crippen LogP contribution is -2.30. The zero-order chi connectivity index (χ0) is 20.8. The number of aromatic nitrogens is 1. The van der Waals surface area contributed by atoms with Gasteiger partial charge in [-0.3, -0.25) is 19.7 Å². The Bertz CT molecular complexity index is 1150. The van der Waals surface area contributed by atoms with Crippen LogP contribution in [0.4, 0.5) is 5.69 Å². The van der Waals surface area contributed by atoms with E-state index < -0.39 is 16.4 Å². The molecule has 3 rings (SSSR count). The number of carbonyl (C=O) groups excluding carboxylic acids is 1. The molecule has 0 aliphatic rings. The maximum Gasteiger partial charge on any atom is 0.276 e. The van der Waals surface area contributed by atoms with Gasteiger partial charge in [0, 0.05) is 23.9 Å². The van der Waals surface area contributed by atoms with Crippen LogP contribution in [0.15, 0.2) is 76.8 Å². The summed E-state index contributed by atoms with van der Waals surface area (Å²) in [5.41, 5.74) is 4.21. The molecule has 1 amide bonds. The second kappa shape index (κ2) is 8.75. The van der Waals surface area contributed by atoms with Crippen molar-refractivity contribution in [2.75, 3.05) is 0 Å². The summed E-state index contributed by atoms with van der Waals surface area (Å²) in [6.45, 7) is 2.31. The molecule has 8 heteroatoms. The summed E-state index contributed by atoms with van der Waals surface area (Å²) < 4.78 is 1.45. The van der Waals surface area contributed by atoms with Crippen LogP contribution < -0.4 is 11.0 Å². The third kappa shape index (κ3) is 5.01. The summed E-state index contributed by atoms with van der Waals surface area (Å²) in [5, 5.41) is 14.6. The maximum absolute atomic E-state index is 12.6. The van der Waals surface area contributed by atoms with E-state index in [9.17, 15) is 19.7 Å². The molecule has 3 aromatic rings. The molecule has 0 atom stereocenters. The standard InChI is InChI=1S/C21H18N4O4/c1-15-5-2-7-17(11-15)14-24-10-4-9-19(21(24)27)20(26)23-22-13-16-6-3-8-18(12-16)25(28)29/h2-13H,14H2,1H3,(H,23,26)/b22-13-. The van der Waals surface area contributed by atoms with E-state index in [4.69, 9.17) is 0 Å². The Morgan fingerprint density at radius 2 is 1.97 bits per heavy atom. The second-order valence-electron chi connectivity index (χ2n) is 6.40. The predicted molar refractivity (Wildman–Crippen MR) is 109 cm³/mol. The summed E-state index contributed by atoms with van der Waals surface area (Å²) in [4.78, 5) is 35.2. The fraction of sp³-hybridized carbons (Fsp3) is 0.0952. The van der Waals surface area contributed by atoms with Crippen LogP contribution in [0.25, 0.3) is 0 Å². The first-order chi connectivity index (χ1) is 13.9. The molecule has 0 saturated carbocycles. The largest absolute Gasteiger partial charge is 0.310 e. The van der Waals surface area contributed by atoms with Crippen LogP contribution in [0, 0.1) is 17.0 Å². The fourth-order valence-electron chi connectivity index (χ4n) is 2.79. The van der Waals surface area contributed by atoms with Gasteiger partial charge in [0.1, 0.15) is 5.56 Å². The zero-order valence-electron chi connectivity index (χ0n) is 15.6. The van der Waals surface area contributed by atoms with Crippen LogP contribution in [0.2, 0.25) is 0 Å². The highest BCUT2D eigenvalue weighted by Crippen LogP contribution is 2.11. The van der Waals surface area contributed by atoms with Crippen molar-refractivity contribution in [1.82, 2.24) is 9.99 Å². The lowest BCUT2D eigenvalue weighted by molar-refractivity contribution is -0.384. The van der Waals surface area contributed by atoms with Crippen LogP contribution in [0.1, 0.15) is 27.0 Å². The van der Waals surface area contributed by atoms with Gasteiger partial charge in [-0.15, -0.1) is 0 Å². The average Bonchev–Trinajstić information content (AvgIpc) is 2.70. The quantitative estimate of drug-likeness (QED) is 0.397. The van der Waals surface area contributed by atoms with Crippen molar-refractivity contribution in [3.05, 3.63) is 110 Å². The van der Waals surface area contributed by atoms with Crippen molar-refractivity contribution >= 4 is 17.8 Å². The molecule has 8 nitrogen and oxygen atoms in total. The Labute approximate surface area is 166 Å². The number of amides is 1. The van der Waals surface area contributed by atoms with Crippen LogP contribution in [-0.4, -0.2) is 21.6 Å². The summed E-state index contributed by atoms with van der Waals surface area (Å²) in [6.07, 6.45) is 2.90. The van der Waals surface area contributed by atoms with E-state index in [2.05, 4.69) is 10.5 Å². The van der Waals surface area contributed by atoms with Crippen molar-refractivity contribution in [3.8, 4) is 0 Å². The van der Waals surface area contributed by atoms with E-state index in [-0.39, 0.29) is 11.3 Å². The van der Waals surface area contributed by atoms with E-state index in [1.807, 2.05) is 31.2 Å². The molecule has 29 heavy (non-hydrogen) atoms. The minimum atomic E-state index is -0.657. The molecule has 0 spiro atoms. The topological polar surface area (TPSA) is 107 Å². The number of non-ortho nitro benzene ring substituents is 1. The van der Waals surface area contributed by atoms with Gasteiger partial charge in [0.15, 0.2) is 0 Å². The number of carbonyl (C=O) groups is 1. The van der Waals surface area contributed by atoms with E-state index in [1.54, 1.807) is 18.3 Å². The number of hydrazone groups is 1. The number of hydrogen-bond acceptors (Lipinski definition) is 5. The van der Waals surface area contributed by atoms with Gasteiger partial charge in [0.25, 0.3) is 17.2 Å². The molecule has 1 heterocycles. The van der Waals surface area contributed by atoms with E-state index in [0.29, 0.717) is 12.1 Å². The molecule has 1 N–H and O–H groups in total. The van der Waals surface area contributed by atoms with Crippen LogP contribution in [0.5, 0.6) is 0 Å². The predicted octanol–water partition coefficient (Wildman–Crippen LogP) is 2.88. The second-order valence-corrected chi connectivity index (χ2v) is 6.40. The molecule has 0 aliphatic carbocycles. The van der Waals surface area contributed by atoms with Gasteiger partial charge in [0.05, 0.1) is 17.7 Å². The number of aryl methyl sites for hydroxylation is 1. The van der Waals surface area contributed by atoms with Gasteiger partial charge in [0.2, 0.25) is 0 Å². The summed E-state index contributed by atoms with van der Waals surface area (Å²) in [6, 6.07) is 16.6. The Morgan fingerprint density at radius 1 is 1.17 bits per heavy atom. The first-order valence-corrected chi connectivity index (χ1v) is 8.77. The lowest BCUT2D eigenvalue weighted by atomic mass is 10.1. The van der Waals surface area contributed by atoms with Gasteiger partial charge in [-0.2, -0.15) is 5.10 Å². The number of rotatable bonds is 6. The molecule has 0 fully saturated rings.